The van der Waals surface area contributed by atoms with Gasteiger partial charge in [-0.25, -0.2) is 0 Å². The van der Waals surface area contributed by atoms with Crippen molar-refractivity contribution in [2.45, 2.75) is 6.92 Å². The van der Waals surface area contributed by atoms with Crippen LogP contribution in [0.5, 0.6) is 0 Å². The van der Waals surface area contributed by atoms with E-state index in [4.69, 9.17) is 17.0 Å². The fourth-order valence-electron chi connectivity index (χ4n) is 1.39. The highest BCUT2D eigenvalue weighted by molar-refractivity contribution is 6.19. The van der Waals surface area contributed by atoms with E-state index in [1.165, 1.54) is 0 Å². The molecule has 3 heteroatoms. The third kappa shape index (κ3) is 1.18. The standard InChI is InChI=1S/C10H7ClN2/c1-7-4-9-5-8(6-12)2-3-10(9)13(7)11/h2-5H,1H3. The van der Waals surface area contributed by atoms with Crippen LogP contribution in [0.2, 0.25) is 0 Å². The fraction of sp³-hybridized carbons (Fsp3) is 0.100. The van der Waals surface area contributed by atoms with Gasteiger partial charge in [0, 0.05) is 22.9 Å². The molecule has 0 aliphatic rings. The van der Waals surface area contributed by atoms with Crippen LogP contribution in [0, 0.1) is 18.3 Å². The summed E-state index contributed by atoms with van der Waals surface area (Å²) in [7, 11) is 0. The molecule has 0 atom stereocenters. The van der Waals surface area contributed by atoms with Crippen molar-refractivity contribution < 1.29 is 0 Å². The summed E-state index contributed by atoms with van der Waals surface area (Å²) in [5.74, 6) is 0. The Kier molecular flexibility index (Phi) is 1.75. The van der Waals surface area contributed by atoms with Crippen LogP contribution in [0.3, 0.4) is 0 Å². The van der Waals surface area contributed by atoms with Gasteiger partial charge in [0.1, 0.15) is 0 Å². The van der Waals surface area contributed by atoms with Crippen LogP contribution >= 0.6 is 11.8 Å². The monoisotopic (exact) mass is 190 g/mol. The molecule has 13 heavy (non-hydrogen) atoms. The van der Waals surface area contributed by atoms with Crippen LogP contribution in [0.1, 0.15) is 11.3 Å². The van der Waals surface area contributed by atoms with Gasteiger partial charge in [-0.1, -0.05) is 0 Å². The maximum atomic E-state index is 8.68. The van der Waals surface area contributed by atoms with Crippen molar-refractivity contribution in [3.8, 4) is 6.07 Å². The lowest BCUT2D eigenvalue weighted by molar-refractivity contribution is 1.20. The van der Waals surface area contributed by atoms with Gasteiger partial charge in [-0.05, 0) is 31.2 Å². The van der Waals surface area contributed by atoms with Crippen LogP contribution in [0.4, 0.5) is 0 Å². The smallest absolute Gasteiger partial charge is 0.0991 e. The molecule has 0 spiro atoms. The van der Waals surface area contributed by atoms with E-state index in [2.05, 4.69) is 6.07 Å². The largest absolute Gasteiger partial charge is 0.257 e. The van der Waals surface area contributed by atoms with Crippen LogP contribution < -0.4 is 0 Å². The van der Waals surface area contributed by atoms with Crippen molar-refractivity contribution in [1.29, 1.82) is 5.26 Å². The number of halogens is 1. The number of hydrogen-bond acceptors (Lipinski definition) is 1. The Morgan fingerprint density at radius 2 is 2.15 bits per heavy atom. The highest BCUT2D eigenvalue weighted by Crippen LogP contribution is 2.21. The first kappa shape index (κ1) is 8.15. The Labute approximate surface area is 81.1 Å². The van der Waals surface area contributed by atoms with Crippen LogP contribution in [0.15, 0.2) is 24.3 Å². The number of rotatable bonds is 0. The van der Waals surface area contributed by atoms with Gasteiger partial charge in [0.15, 0.2) is 0 Å². The number of nitriles is 1. The minimum atomic E-state index is 0.662. The lowest BCUT2D eigenvalue weighted by Crippen LogP contribution is -1.81. The molecule has 0 saturated carbocycles. The van der Waals surface area contributed by atoms with Gasteiger partial charge in [0.05, 0.1) is 17.1 Å². The Morgan fingerprint density at radius 1 is 1.38 bits per heavy atom. The minimum Gasteiger partial charge on any atom is -0.257 e. The number of aromatic nitrogens is 1. The molecule has 1 aromatic heterocycles. The zero-order valence-corrected chi connectivity index (χ0v) is 7.84. The van der Waals surface area contributed by atoms with E-state index in [0.717, 1.165) is 16.6 Å². The second-order valence-corrected chi connectivity index (χ2v) is 3.29. The van der Waals surface area contributed by atoms with Gasteiger partial charge >= 0.3 is 0 Å². The fourth-order valence-corrected chi connectivity index (χ4v) is 1.59. The molecule has 64 valence electrons. The number of fused-ring (bicyclic) bond motifs is 1. The van der Waals surface area contributed by atoms with Crippen molar-refractivity contribution in [1.82, 2.24) is 4.09 Å². The number of nitrogens with zero attached hydrogens (tertiary/aromatic N) is 2. The quantitative estimate of drug-likeness (QED) is 0.628. The molecule has 0 unspecified atom stereocenters. The second-order valence-electron chi connectivity index (χ2n) is 2.95. The predicted molar refractivity (Wildman–Crippen MR) is 52.6 cm³/mol. The normalized spacial score (nSPS) is 10.2. The van der Waals surface area contributed by atoms with Crippen LogP contribution in [0.25, 0.3) is 10.9 Å². The molecule has 2 rings (SSSR count). The SMILES string of the molecule is Cc1cc2cc(C#N)ccc2n1Cl. The molecule has 0 aliphatic carbocycles. The zero-order chi connectivity index (χ0) is 9.42. The van der Waals surface area contributed by atoms with E-state index in [9.17, 15) is 0 Å². The molecular weight excluding hydrogens is 184 g/mol. The van der Waals surface area contributed by atoms with Crippen LogP contribution in [-0.4, -0.2) is 4.09 Å². The third-order valence-electron chi connectivity index (χ3n) is 2.04. The molecule has 0 N–H and O–H groups in total. The van der Waals surface area contributed by atoms with Crippen molar-refractivity contribution >= 4 is 22.7 Å². The maximum absolute atomic E-state index is 8.68. The predicted octanol–water partition coefficient (Wildman–Crippen LogP) is 2.82. The van der Waals surface area contributed by atoms with Gasteiger partial charge in [-0.3, -0.25) is 4.09 Å². The summed E-state index contributed by atoms with van der Waals surface area (Å²) in [5.41, 5.74) is 2.58. The van der Waals surface area contributed by atoms with Crippen molar-refractivity contribution in [3.63, 3.8) is 0 Å². The van der Waals surface area contributed by atoms with E-state index in [0.29, 0.717) is 5.56 Å². The first-order valence-electron chi connectivity index (χ1n) is 3.91. The van der Waals surface area contributed by atoms with Crippen molar-refractivity contribution in [3.05, 3.63) is 35.5 Å². The summed E-state index contributed by atoms with van der Waals surface area (Å²) in [6, 6.07) is 9.51. The average molecular weight is 191 g/mol. The number of benzene rings is 1. The topological polar surface area (TPSA) is 28.7 Å². The molecule has 2 nitrogen and oxygen atoms in total. The summed E-state index contributed by atoms with van der Waals surface area (Å²) in [6.07, 6.45) is 0. The first-order valence-corrected chi connectivity index (χ1v) is 4.24. The Bertz CT molecular complexity index is 505. The maximum Gasteiger partial charge on any atom is 0.0991 e. The molecule has 0 amide bonds. The van der Waals surface area contributed by atoms with Crippen molar-refractivity contribution in [2.75, 3.05) is 0 Å². The summed E-state index contributed by atoms with van der Waals surface area (Å²) in [5, 5.41) is 9.69. The number of hydrogen-bond donors (Lipinski definition) is 0. The Balaban J connectivity index is 2.82. The third-order valence-corrected chi connectivity index (χ3v) is 2.49. The minimum absolute atomic E-state index is 0.662. The van der Waals surface area contributed by atoms with Gasteiger partial charge in [-0.2, -0.15) is 5.26 Å². The highest BCUT2D eigenvalue weighted by Gasteiger charge is 2.03. The van der Waals surface area contributed by atoms with Crippen LogP contribution in [-0.2, 0) is 0 Å². The van der Waals surface area contributed by atoms with E-state index in [1.807, 2.05) is 25.1 Å². The summed E-state index contributed by atoms with van der Waals surface area (Å²) in [4.78, 5) is 0. The second kappa shape index (κ2) is 2.79. The molecule has 0 radical (unpaired) electrons. The highest BCUT2D eigenvalue weighted by atomic mass is 35.5. The summed E-state index contributed by atoms with van der Waals surface area (Å²) >= 11 is 5.97. The van der Waals surface area contributed by atoms with E-state index < -0.39 is 0 Å². The van der Waals surface area contributed by atoms with Crippen molar-refractivity contribution in [2.24, 2.45) is 0 Å². The van der Waals surface area contributed by atoms with Gasteiger partial charge < -0.3 is 0 Å². The molecular formula is C10H7ClN2. The van der Waals surface area contributed by atoms with E-state index in [-0.39, 0.29) is 0 Å². The van der Waals surface area contributed by atoms with E-state index >= 15 is 0 Å². The molecule has 0 bridgehead atoms. The van der Waals surface area contributed by atoms with Gasteiger partial charge in [-0.15, -0.1) is 0 Å². The summed E-state index contributed by atoms with van der Waals surface area (Å²) in [6.45, 7) is 1.93. The molecule has 0 saturated heterocycles. The molecule has 0 aliphatic heterocycles. The summed E-state index contributed by atoms with van der Waals surface area (Å²) < 4.78 is 1.59. The van der Waals surface area contributed by atoms with Gasteiger partial charge in [0.25, 0.3) is 0 Å². The first-order chi connectivity index (χ1) is 6.22. The van der Waals surface area contributed by atoms with Gasteiger partial charge in [0.2, 0.25) is 0 Å². The Hall–Kier alpha value is -1.46. The lowest BCUT2D eigenvalue weighted by atomic mass is 10.2. The molecule has 2 aromatic rings. The lowest BCUT2D eigenvalue weighted by Gasteiger charge is -1.94. The zero-order valence-electron chi connectivity index (χ0n) is 7.08. The Morgan fingerprint density at radius 3 is 2.85 bits per heavy atom. The number of aryl methyl sites for hydroxylation is 1. The molecule has 0 fully saturated rings. The van der Waals surface area contributed by atoms with E-state index in [1.54, 1.807) is 10.2 Å². The molecule has 1 heterocycles. The average Bonchev–Trinajstić information content (AvgIpc) is 2.42. The molecule has 1 aromatic carbocycles.